The quantitative estimate of drug-likeness (QED) is 0.394. The number of carbonyl (C=O) groups is 4. The van der Waals surface area contributed by atoms with Gasteiger partial charge < -0.3 is 10.6 Å². The lowest BCUT2D eigenvalue weighted by Crippen LogP contribution is -2.42. The van der Waals surface area contributed by atoms with Crippen LogP contribution in [0.1, 0.15) is 25.7 Å². The Kier molecular flexibility index (Phi) is 9.53. The minimum atomic E-state index is -0.536. The second-order valence-electron chi connectivity index (χ2n) is 4.94. The van der Waals surface area contributed by atoms with E-state index in [1.807, 2.05) is 0 Å². The molecule has 1 aliphatic rings. The summed E-state index contributed by atoms with van der Waals surface area (Å²) in [6.07, 6.45) is 3.79. The normalized spacial score (nSPS) is 14.1. The predicted molar refractivity (Wildman–Crippen MR) is 91.0 cm³/mol. The van der Waals surface area contributed by atoms with E-state index in [9.17, 15) is 19.2 Å². The number of hydrogen-bond acceptors (Lipinski definition) is 6. The van der Waals surface area contributed by atoms with E-state index in [4.69, 9.17) is 0 Å². The SMILES string of the molecule is CNC(=O)NC(=O)CSSCCNC(=O)NC(=O)C1CCCC1. The number of amides is 6. The molecule has 0 unspecified atom stereocenters. The van der Waals surface area contributed by atoms with Gasteiger partial charge in [-0.15, -0.1) is 0 Å². The fraction of sp³-hybridized carbons (Fsp3) is 0.692. The molecule has 10 heteroatoms. The number of urea groups is 2. The Balaban J connectivity index is 1.99. The van der Waals surface area contributed by atoms with Gasteiger partial charge in [0.2, 0.25) is 11.8 Å². The van der Waals surface area contributed by atoms with E-state index < -0.39 is 12.1 Å². The maximum absolute atomic E-state index is 11.7. The Bertz CT molecular complexity index is 442. The third-order valence-corrected chi connectivity index (χ3v) is 5.46. The molecular formula is C13H22N4O4S2. The molecule has 130 valence electrons. The van der Waals surface area contributed by atoms with Gasteiger partial charge in [-0.1, -0.05) is 34.4 Å². The van der Waals surface area contributed by atoms with Crippen molar-refractivity contribution < 1.29 is 19.2 Å². The van der Waals surface area contributed by atoms with Crippen LogP contribution >= 0.6 is 21.6 Å². The smallest absolute Gasteiger partial charge is 0.321 e. The molecule has 4 N–H and O–H groups in total. The van der Waals surface area contributed by atoms with Gasteiger partial charge in [0.05, 0.1) is 5.75 Å². The van der Waals surface area contributed by atoms with Crippen molar-refractivity contribution in [1.29, 1.82) is 0 Å². The Labute approximate surface area is 143 Å². The highest BCUT2D eigenvalue weighted by molar-refractivity contribution is 8.76. The van der Waals surface area contributed by atoms with Crippen LogP contribution in [0.4, 0.5) is 9.59 Å². The molecule has 0 atom stereocenters. The lowest BCUT2D eigenvalue weighted by atomic mass is 10.1. The number of nitrogens with one attached hydrogen (secondary N) is 4. The third-order valence-electron chi connectivity index (χ3n) is 3.19. The van der Waals surface area contributed by atoms with Crippen molar-refractivity contribution in [3.63, 3.8) is 0 Å². The highest BCUT2D eigenvalue weighted by atomic mass is 33.1. The molecule has 0 aromatic heterocycles. The molecule has 1 fully saturated rings. The fourth-order valence-corrected chi connectivity index (χ4v) is 3.77. The Morgan fingerprint density at radius 3 is 2.35 bits per heavy atom. The first-order valence-electron chi connectivity index (χ1n) is 7.37. The van der Waals surface area contributed by atoms with Crippen LogP contribution in [-0.4, -0.2) is 49.0 Å². The average Bonchev–Trinajstić information content (AvgIpc) is 3.05. The van der Waals surface area contributed by atoms with Crippen LogP contribution in [-0.2, 0) is 9.59 Å². The molecule has 1 saturated carbocycles. The van der Waals surface area contributed by atoms with Crippen LogP contribution in [0.2, 0.25) is 0 Å². The first kappa shape index (κ1) is 19.6. The molecular weight excluding hydrogens is 340 g/mol. The predicted octanol–water partition coefficient (Wildman–Crippen LogP) is 0.839. The van der Waals surface area contributed by atoms with Crippen molar-refractivity contribution in [2.75, 3.05) is 25.1 Å². The van der Waals surface area contributed by atoms with E-state index >= 15 is 0 Å². The van der Waals surface area contributed by atoms with Crippen LogP contribution in [0.25, 0.3) is 0 Å². The lowest BCUT2D eigenvalue weighted by Gasteiger charge is -2.10. The topological polar surface area (TPSA) is 116 Å². The van der Waals surface area contributed by atoms with Crippen molar-refractivity contribution >= 4 is 45.5 Å². The molecule has 1 rings (SSSR count). The minimum absolute atomic E-state index is 0.0375. The summed E-state index contributed by atoms with van der Waals surface area (Å²) in [6.45, 7) is 0.387. The maximum atomic E-state index is 11.7. The molecule has 0 aromatic rings. The van der Waals surface area contributed by atoms with E-state index in [1.54, 1.807) is 0 Å². The van der Waals surface area contributed by atoms with E-state index in [0.29, 0.717) is 12.3 Å². The van der Waals surface area contributed by atoms with Crippen molar-refractivity contribution in [2.24, 2.45) is 5.92 Å². The molecule has 1 aliphatic carbocycles. The van der Waals surface area contributed by atoms with Gasteiger partial charge in [-0.25, -0.2) is 9.59 Å². The molecule has 6 amide bonds. The summed E-state index contributed by atoms with van der Waals surface area (Å²) in [5.74, 6) is 0.111. The summed E-state index contributed by atoms with van der Waals surface area (Å²) < 4.78 is 0. The van der Waals surface area contributed by atoms with Crippen LogP contribution in [0, 0.1) is 5.92 Å². The number of rotatable bonds is 7. The minimum Gasteiger partial charge on any atom is -0.341 e. The van der Waals surface area contributed by atoms with Crippen LogP contribution < -0.4 is 21.3 Å². The van der Waals surface area contributed by atoms with Gasteiger partial charge in [0.1, 0.15) is 0 Å². The summed E-state index contributed by atoms with van der Waals surface area (Å²) >= 11 is 0. The average molecular weight is 362 g/mol. The molecule has 23 heavy (non-hydrogen) atoms. The Morgan fingerprint density at radius 1 is 1.00 bits per heavy atom. The Hall–Kier alpha value is -1.42. The van der Waals surface area contributed by atoms with Crippen LogP contribution in [0.5, 0.6) is 0 Å². The molecule has 0 saturated heterocycles. The van der Waals surface area contributed by atoms with Crippen molar-refractivity contribution in [3.05, 3.63) is 0 Å². The zero-order valence-corrected chi connectivity index (χ0v) is 14.6. The van der Waals surface area contributed by atoms with E-state index in [0.717, 1.165) is 25.7 Å². The molecule has 0 radical (unpaired) electrons. The van der Waals surface area contributed by atoms with Gasteiger partial charge >= 0.3 is 12.1 Å². The fourth-order valence-electron chi connectivity index (χ4n) is 2.03. The van der Waals surface area contributed by atoms with Crippen LogP contribution in [0.3, 0.4) is 0 Å². The van der Waals surface area contributed by atoms with Crippen molar-refractivity contribution in [1.82, 2.24) is 21.3 Å². The van der Waals surface area contributed by atoms with Crippen molar-refractivity contribution in [3.8, 4) is 0 Å². The van der Waals surface area contributed by atoms with Gasteiger partial charge in [0, 0.05) is 25.3 Å². The number of hydrogen-bond donors (Lipinski definition) is 4. The highest BCUT2D eigenvalue weighted by Gasteiger charge is 2.23. The summed E-state index contributed by atoms with van der Waals surface area (Å²) in [7, 11) is 4.11. The van der Waals surface area contributed by atoms with E-state index in [1.165, 1.54) is 28.6 Å². The standard InChI is InChI=1S/C13H22N4O4S2/c1-14-12(20)16-10(18)8-23-22-7-6-15-13(21)17-11(19)9-4-2-3-5-9/h9H,2-8H2,1H3,(H2,14,16,18,20)(H2,15,17,19,21). The maximum Gasteiger partial charge on any atom is 0.321 e. The lowest BCUT2D eigenvalue weighted by molar-refractivity contribution is -0.123. The molecule has 0 bridgehead atoms. The first-order valence-corrected chi connectivity index (χ1v) is 9.86. The van der Waals surface area contributed by atoms with E-state index in [2.05, 4.69) is 21.3 Å². The van der Waals surface area contributed by atoms with Gasteiger partial charge in [-0.05, 0) is 12.8 Å². The zero-order valence-electron chi connectivity index (χ0n) is 13.0. The summed E-state index contributed by atoms with van der Waals surface area (Å²) in [5.41, 5.74) is 0. The Morgan fingerprint density at radius 2 is 1.70 bits per heavy atom. The van der Waals surface area contributed by atoms with Gasteiger partial charge in [0.15, 0.2) is 0 Å². The van der Waals surface area contributed by atoms with Crippen LogP contribution in [0.15, 0.2) is 0 Å². The monoisotopic (exact) mass is 362 g/mol. The molecule has 0 aromatic carbocycles. The molecule has 8 nitrogen and oxygen atoms in total. The van der Waals surface area contributed by atoms with Crippen molar-refractivity contribution in [2.45, 2.75) is 25.7 Å². The summed E-state index contributed by atoms with van der Waals surface area (Å²) in [6, 6.07) is -1.02. The first-order chi connectivity index (χ1) is 11.0. The van der Waals surface area contributed by atoms with Gasteiger partial charge in [-0.3, -0.25) is 20.2 Å². The highest BCUT2D eigenvalue weighted by Crippen LogP contribution is 2.24. The third kappa shape index (κ3) is 8.70. The largest absolute Gasteiger partial charge is 0.341 e. The molecule has 0 aliphatic heterocycles. The number of carbonyl (C=O) groups excluding carboxylic acids is 4. The number of imide groups is 2. The molecule has 0 spiro atoms. The molecule has 0 heterocycles. The summed E-state index contributed by atoms with van der Waals surface area (Å²) in [4.78, 5) is 45.4. The summed E-state index contributed by atoms with van der Waals surface area (Å²) in [5, 5.41) is 9.37. The van der Waals surface area contributed by atoms with Gasteiger partial charge in [-0.2, -0.15) is 0 Å². The zero-order chi connectivity index (χ0) is 17.1. The second-order valence-corrected chi connectivity index (χ2v) is 7.52. The van der Waals surface area contributed by atoms with E-state index in [-0.39, 0.29) is 23.5 Å². The second kappa shape index (κ2) is 11.2. The van der Waals surface area contributed by atoms with Gasteiger partial charge in [0.25, 0.3) is 0 Å².